The first-order valence-electron chi connectivity index (χ1n) is 6.86. The fraction of sp³-hybridized carbons (Fsp3) is 0.250. The van der Waals surface area contributed by atoms with Crippen LogP contribution >= 0.6 is 0 Å². The molecule has 5 nitrogen and oxygen atoms in total. The minimum absolute atomic E-state index is 0.209. The number of nitrogens with one attached hydrogen (secondary N) is 1. The summed E-state index contributed by atoms with van der Waals surface area (Å²) in [4.78, 5) is 22.7. The summed E-state index contributed by atoms with van der Waals surface area (Å²) < 4.78 is 1.43. The third-order valence-corrected chi connectivity index (χ3v) is 3.14. The lowest BCUT2D eigenvalue weighted by molar-refractivity contribution is -0.137. The van der Waals surface area contributed by atoms with E-state index in [2.05, 4.69) is 17.4 Å². The first-order chi connectivity index (χ1) is 10.2. The number of carboxylic acids is 1. The largest absolute Gasteiger partial charge is 0.480 e. The molecule has 2 aromatic rings. The quantitative estimate of drug-likeness (QED) is 0.764. The molecule has 0 saturated carbocycles. The third-order valence-electron chi connectivity index (χ3n) is 3.14. The van der Waals surface area contributed by atoms with Crippen molar-refractivity contribution >= 4 is 11.9 Å². The van der Waals surface area contributed by atoms with Gasteiger partial charge in [0.05, 0.1) is 0 Å². The molecule has 1 amide bonds. The maximum Gasteiger partial charge on any atom is 0.323 e. The predicted molar refractivity (Wildman–Crippen MR) is 79.2 cm³/mol. The second kappa shape index (κ2) is 7.28. The molecule has 1 heterocycles. The number of hydrogen-bond acceptors (Lipinski definition) is 2. The SMILES string of the molecule is O=C(O)Cn1cccc1C(=O)NCCCc1ccccc1. The van der Waals surface area contributed by atoms with Gasteiger partial charge in [-0.05, 0) is 30.5 Å². The molecule has 0 aliphatic heterocycles. The number of rotatable bonds is 7. The fourth-order valence-corrected chi connectivity index (χ4v) is 2.13. The molecule has 0 aliphatic carbocycles. The smallest absolute Gasteiger partial charge is 0.323 e. The van der Waals surface area contributed by atoms with E-state index in [0.29, 0.717) is 12.2 Å². The van der Waals surface area contributed by atoms with Gasteiger partial charge in [-0.1, -0.05) is 30.3 Å². The number of nitrogens with zero attached hydrogens (tertiary/aromatic N) is 1. The standard InChI is InChI=1S/C16H18N2O3/c19-15(20)12-18-11-5-9-14(18)16(21)17-10-4-8-13-6-2-1-3-7-13/h1-3,5-7,9,11H,4,8,10,12H2,(H,17,21)(H,19,20). The number of carbonyl (C=O) groups excluding carboxylic acids is 1. The lowest BCUT2D eigenvalue weighted by Gasteiger charge is -2.08. The maximum atomic E-state index is 12.0. The Morgan fingerprint density at radius 2 is 1.86 bits per heavy atom. The zero-order valence-corrected chi connectivity index (χ0v) is 11.7. The van der Waals surface area contributed by atoms with E-state index in [1.807, 2.05) is 18.2 Å². The lowest BCUT2D eigenvalue weighted by Crippen LogP contribution is -2.27. The molecule has 21 heavy (non-hydrogen) atoms. The van der Waals surface area contributed by atoms with Crippen LogP contribution in [-0.2, 0) is 17.8 Å². The van der Waals surface area contributed by atoms with Gasteiger partial charge in [0, 0.05) is 12.7 Å². The van der Waals surface area contributed by atoms with Crippen molar-refractivity contribution in [3.05, 3.63) is 59.9 Å². The van der Waals surface area contributed by atoms with Crippen LogP contribution < -0.4 is 5.32 Å². The Hall–Kier alpha value is -2.56. The van der Waals surface area contributed by atoms with E-state index in [9.17, 15) is 9.59 Å². The molecule has 0 unspecified atom stereocenters. The van der Waals surface area contributed by atoms with Gasteiger partial charge in [0.15, 0.2) is 0 Å². The van der Waals surface area contributed by atoms with Crippen LogP contribution in [0.1, 0.15) is 22.5 Å². The van der Waals surface area contributed by atoms with Crippen LogP contribution in [0.5, 0.6) is 0 Å². The first kappa shape index (κ1) is 14.8. The molecule has 110 valence electrons. The van der Waals surface area contributed by atoms with Gasteiger partial charge in [0.1, 0.15) is 12.2 Å². The Morgan fingerprint density at radius 1 is 1.10 bits per heavy atom. The molecule has 1 aromatic carbocycles. The molecule has 0 fully saturated rings. The van der Waals surface area contributed by atoms with Crippen LogP contribution in [0.3, 0.4) is 0 Å². The highest BCUT2D eigenvalue weighted by atomic mass is 16.4. The minimum atomic E-state index is -0.968. The normalized spacial score (nSPS) is 10.3. The van der Waals surface area contributed by atoms with Crippen molar-refractivity contribution in [2.45, 2.75) is 19.4 Å². The lowest BCUT2D eigenvalue weighted by atomic mass is 10.1. The number of amides is 1. The summed E-state index contributed by atoms with van der Waals surface area (Å²) in [5, 5.41) is 11.6. The van der Waals surface area contributed by atoms with E-state index in [0.717, 1.165) is 12.8 Å². The van der Waals surface area contributed by atoms with Crippen molar-refractivity contribution in [2.75, 3.05) is 6.54 Å². The summed E-state index contributed by atoms with van der Waals surface area (Å²) in [7, 11) is 0. The minimum Gasteiger partial charge on any atom is -0.480 e. The van der Waals surface area contributed by atoms with Crippen LogP contribution in [0.15, 0.2) is 48.7 Å². The number of benzene rings is 1. The monoisotopic (exact) mass is 286 g/mol. The van der Waals surface area contributed by atoms with Crippen molar-refractivity contribution in [3.8, 4) is 0 Å². The van der Waals surface area contributed by atoms with E-state index in [-0.39, 0.29) is 12.5 Å². The second-order valence-electron chi connectivity index (χ2n) is 4.76. The number of carbonyl (C=O) groups is 2. The molecular weight excluding hydrogens is 268 g/mol. The Labute approximate surface area is 123 Å². The van der Waals surface area contributed by atoms with E-state index in [1.54, 1.807) is 18.3 Å². The highest BCUT2D eigenvalue weighted by Gasteiger charge is 2.11. The number of aromatic nitrogens is 1. The molecule has 0 aliphatic rings. The molecule has 0 radical (unpaired) electrons. The topological polar surface area (TPSA) is 71.3 Å². The van der Waals surface area contributed by atoms with E-state index in [4.69, 9.17) is 5.11 Å². The first-order valence-corrected chi connectivity index (χ1v) is 6.86. The van der Waals surface area contributed by atoms with Crippen molar-refractivity contribution in [2.24, 2.45) is 0 Å². The van der Waals surface area contributed by atoms with Gasteiger partial charge in [0.25, 0.3) is 5.91 Å². The van der Waals surface area contributed by atoms with Gasteiger partial charge >= 0.3 is 5.97 Å². The molecule has 1 aromatic heterocycles. The molecule has 2 rings (SSSR count). The zero-order chi connectivity index (χ0) is 15.1. The van der Waals surface area contributed by atoms with Crippen molar-refractivity contribution in [1.29, 1.82) is 0 Å². The van der Waals surface area contributed by atoms with Gasteiger partial charge < -0.3 is 15.0 Å². The molecule has 2 N–H and O–H groups in total. The van der Waals surface area contributed by atoms with Crippen molar-refractivity contribution in [3.63, 3.8) is 0 Å². The second-order valence-corrected chi connectivity index (χ2v) is 4.76. The van der Waals surface area contributed by atoms with Gasteiger partial charge in [-0.25, -0.2) is 0 Å². The van der Waals surface area contributed by atoms with Crippen LogP contribution in [-0.4, -0.2) is 28.1 Å². The Balaban J connectivity index is 1.80. The number of carboxylic acid groups (broad SMARTS) is 1. The van der Waals surface area contributed by atoms with Gasteiger partial charge in [-0.15, -0.1) is 0 Å². The van der Waals surface area contributed by atoms with Gasteiger partial charge in [-0.2, -0.15) is 0 Å². The van der Waals surface area contributed by atoms with Crippen molar-refractivity contribution in [1.82, 2.24) is 9.88 Å². The summed E-state index contributed by atoms with van der Waals surface area (Å²) >= 11 is 0. The van der Waals surface area contributed by atoms with Crippen LogP contribution in [0.2, 0.25) is 0 Å². The van der Waals surface area contributed by atoms with Gasteiger partial charge in [0.2, 0.25) is 0 Å². The van der Waals surface area contributed by atoms with Crippen LogP contribution in [0.25, 0.3) is 0 Å². The summed E-state index contributed by atoms with van der Waals surface area (Å²) in [6.45, 7) is 0.353. The highest BCUT2D eigenvalue weighted by Crippen LogP contribution is 2.04. The predicted octanol–water partition coefficient (Wildman–Crippen LogP) is 1.94. The molecular formula is C16H18N2O3. The Bertz CT molecular complexity index is 605. The van der Waals surface area contributed by atoms with Crippen LogP contribution in [0, 0.1) is 0 Å². The summed E-state index contributed by atoms with van der Waals surface area (Å²) in [6.07, 6.45) is 3.33. The van der Waals surface area contributed by atoms with Crippen LogP contribution in [0.4, 0.5) is 0 Å². The molecule has 5 heteroatoms. The number of aryl methyl sites for hydroxylation is 1. The Kier molecular flexibility index (Phi) is 5.15. The average molecular weight is 286 g/mol. The van der Waals surface area contributed by atoms with E-state index < -0.39 is 5.97 Å². The Morgan fingerprint density at radius 3 is 2.57 bits per heavy atom. The van der Waals surface area contributed by atoms with E-state index in [1.165, 1.54) is 10.1 Å². The average Bonchev–Trinajstić information content (AvgIpc) is 2.92. The van der Waals surface area contributed by atoms with Crippen molar-refractivity contribution < 1.29 is 14.7 Å². The summed E-state index contributed by atoms with van der Waals surface area (Å²) in [6, 6.07) is 13.4. The molecule has 0 bridgehead atoms. The van der Waals surface area contributed by atoms with Gasteiger partial charge in [-0.3, -0.25) is 9.59 Å². The summed E-state index contributed by atoms with van der Waals surface area (Å²) in [5.74, 6) is -1.21. The summed E-state index contributed by atoms with van der Waals surface area (Å²) in [5.41, 5.74) is 1.61. The molecule has 0 saturated heterocycles. The third kappa shape index (κ3) is 4.49. The highest BCUT2D eigenvalue weighted by molar-refractivity contribution is 5.93. The number of aliphatic carboxylic acids is 1. The fourth-order valence-electron chi connectivity index (χ4n) is 2.13. The molecule has 0 atom stereocenters. The molecule has 0 spiro atoms. The maximum absolute atomic E-state index is 12.0. The van der Waals surface area contributed by atoms with E-state index >= 15 is 0 Å². The number of hydrogen-bond donors (Lipinski definition) is 2. The zero-order valence-electron chi connectivity index (χ0n) is 11.7.